The van der Waals surface area contributed by atoms with E-state index >= 15 is 0 Å². The SMILES string of the molecule is CN1C(c2ccccc2)=NC(c2c(Br)ccc3ccccc23)=NC1C1=CCCC=C1. The summed E-state index contributed by atoms with van der Waals surface area (Å²) in [6.07, 6.45) is 8.78. The predicted molar refractivity (Wildman–Crippen MR) is 129 cm³/mol. The van der Waals surface area contributed by atoms with E-state index in [0.717, 1.165) is 45.5 Å². The van der Waals surface area contributed by atoms with E-state index in [2.05, 4.69) is 107 Å². The van der Waals surface area contributed by atoms with E-state index in [-0.39, 0.29) is 6.17 Å². The van der Waals surface area contributed by atoms with Crippen LogP contribution in [0.3, 0.4) is 0 Å². The van der Waals surface area contributed by atoms with E-state index in [1.807, 2.05) is 6.07 Å². The third kappa shape index (κ3) is 3.41. The van der Waals surface area contributed by atoms with Crippen LogP contribution in [0, 0.1) is 0 Å². The quantitative estimate of drug-likeness (QED) is 0.452. The van der Waals surface area contributed by atoms with E-state index in [9.17, 15) is 0 Å². The first-order valence-corrected chi connectivity index (χ1v) is 11.0. The molecule has 5 rings (SSSR count). The number of halogens is 1. The third-order valence-corrected chi connectivity index (χ3v) is 6.27. The van der Waals surface area contributed by atoms with Gasteiger partial charge < -0.3 is 4.90 Å². The molecule has 0 saturated carbocycles. The second-order valence-corrected chi connectivity index (χ2v) is 8.42. The lowest BCUT2D eigenvalue weighted by Crippen LogP contribution is -2.41. The van der Waals surface area contributed by atoms with Gasteiger partial charge in [0.2, 0.25) is 0 Å². The van der Waals surface area contributed by atoms with Gasteiger partial charge in [0.15, 0.2) is 5.84 Å². The van der Waals surface area contributed by atoms with Crippen molar-refractivity contribution in [2.45, 2.75) is 19.0 Å². The maximum atomic E-state index is 5.15. The molecule has 2 aliphatic rings. The molecule has 1 atom stereocenters. The van der Waals surface area contributed by atoms with E-state index < -0.39 is 0 Å². The zero-order valence-corrected chi connectivity index (χ0v) is 18.4. The number of likely N-dealkylation sites (N-methyl/N-ethyl adjacent to an activating group) is 1. The molecule has 0 bridgehead atoms. The molecule has 4 heteroatoms. The summed E-state index contributed by atoms with van der Waals surface area (Å²) in [4.78, 5) is 12.4. The van der Waals surface area contributed by atoms with E-state index in [0.29, 0.717) is 0 Å². The number of amidine groups is 2. The van der Waals surface area contributed by atoms with Crippen molar-refractivity contribution in [2.24, 2.45) is 9.98 Å². The highest BCUT2D eigenvalue weighted by molar-refractivity contribution is 9.10. The van der Waals surface area contributed by atoms with Crippen molar-refractivity contribution in [3.05, 3.63) is 106 Å². The lowest BCUT2D eigenvalue weighted by molar-refractivity contribution is 0.420. The number of nitrogens with zero attached hydrogens (tertiary/aromatic N) is 3. The molecule has 3 nitrogen and oxygen atoms in total. The molecular weight excluding hydrogens is 434 g/mol. The molecule has 0 aromatic heterocycles. The van der Waals surface area contributed by atoms with Crippen molar-refractivity contribution in [1.82, 2.24) is 4.90 Å². The number of hydrogen-bond donors (Lipinski definition) is 0. The molecular formula is C26H22BrN3. The van der Waals surface area contributed by atoms with Crippen molar-refractivity contribution in [3.8, 4) is 0 Å². The molecule has 148 valence electrons. The van der Waals surface area contributed by atoms with Crippen LogP contribution in [0.5, 0.6) is 0 Å². The van der Waals surface area contributed by atoms with Crippen LogP contribution >= 0.6 is 15.9 Å². The summed E-state index contributed by atoms with van der Waals surface area (Å²) in [6, 6.07) is 23.0. The largest absolute Gasteiger partial charge is 0.333 e. The average molecular weight is 456 g/mol. The van der Waals surface area contributed by atoms with E-state index in [1.54, 1.807) is 0 Å². The van der Waals surface area contributed by atoms with Gasteiger partial charge in [-0.2, -0.15) is 0 Å². The molecule has 3 aromatic rings. The zero-order chi connectivity index (χ0) is 20.5. The number of aliphatic imine (C=N–C) groups is 2. The van der Waals surface area contributed by atoms with Crippen molar-refractivity contribution < 1.29 is 0 Å². The summed E-state index contributed by atoms with van der Waals surface area (Å²) in [5.41, 5.74) is 3.36. The molecule has 1 heterocycles. The number of hydrogen-bond acceptors (Lipinski definition) is 3. The van der Waals surface area contributed by atoms with E-state index in [1.165, 1.54) is 11.0 Å². The standard InChI is InChI=1S/C26H22BrN3/c1-30-25(19-11-4-2-5-12-19)28-24(29-26(30)20-13-6-3-7-14-20)23-21-15-9-8-10-18(21)16-17-22(23)27/h2,4-6,8-17,26H,3,7H2,1H3. The Morgan fingerprint density at radius 2 is 1.73 bits per heavy atom. The molecule has 0 radical (unpaired) electrons. The molecule has 1 unspecified atom stereocenters. The molecule has 3 aromatic carbocycles. The summed E-state index contributed by atoms with van der Waals surface area (Å²) in [7, 11) is 2.08. The lowest BCUT2D eigenvalue weighted by Gasteiger charge is -2.33. The van der Waals surface area contributed by atoms with Gasteiger partial charge in [0.1, 0.15) is 12.0 Å². The Bertz CT molecular complexity index is 1220. The number of allylic oxidation sites excluding steroid dienone is 2. The summed E-state index contributed by atoms with van der Waals surface area (Å²) in [5, 5.41) is 2.33. The smallest absolute Gasteiger partial charge is 0.161 e. The normalized spacial score (nSPS) is 18.8. The minimum atomic E-state index is -0.102. The second-order valence-electron chi connectivity index (χ2n) is 7.57. The van der Waals surface area contributed by atoms with Gasteiger partial charge in [0.05, 0.1) is 0 Å². The second kappa shape index (κ2) is 8.04. The first-order valence-electron chi connectivity index (χ1n) is 10.2. The van der Waals surface area contributed by atoms with Crippen LogP contribution in [-0.2, 0) is 0 Å². The van der Waals surface area contributed by atoms with Crippen LogP contribution < -0.4 is 0 Å². The summed E-state index contributed by atoms with van der Waals surface area (Å²) in [6.45, 7) is 0. The number of benzene rings is 3. The van der Waals surface area contributed by atoms with Gasteiger partial charge in [-0.05, 0) is 35.3 Å². The Labute approximate surface area is 185 Å². The molecule has 1 aliphatic carbocycles. The Kier molecular flexibility index (Phi) is 5.09. The van der Waals surface area contributed by atoms with Gasteiger partial charge >= 0.3 is 0 Å². The van der Waals surface area contributed by atoms with Crippen LogP contribution in [-0.4, -0.2) is 29.8 Å². The van der Waals surface area contributed by atoms with Crippen LogP contribution in [0.2, 0.25) is 0 Å². The Morgan fingerprint density at radius 1 is 0.933 bits per heavy atom. The molecule has 30 heavy (non-hydrogen) atoms. The van der Waals surface area contributed by atoms with Gasteiger partial charge in [-0.3, -0.25) is 0 Å². The third-order valence-electron chi connectivity index (χ3n) is 5.61. The summed E-state index contributed by atoms with van der Waals surface area (Å²) < 4.78 is 1.01. The molecule has 0 saturated heterocycles. The van der Waals surface area contributed by atoms with Crippen molar-refractivity contribution >= 4 is 38.4 Å². The fourth-order valence-electron chi connectivity index (χ4n) is 4.10. The Hall–Kier alpha value is -2.98. The number of fused-ring (bicyclic) bond motifs is 1. The molecule has 0 spiro atoms. The predicted octanol–water partition coefficient (Wildman–Crippen LogP) is 6.34. The highest BCUT2D eigenvalue weighted by Gasteiger charge is 2.28. The van der Waals surface area contributed by atoms with Gasteiger partial charge in [0, 0.05) is 22.6 Å². The highest BCUT2D eigenvalue weighted by atomic mass is 79.9. The first kappa shape index (κ1) is 19.0. The first-order chi connectivity index (χ1) is 14.7. The van der Waals surface area contributed by atoms with Crippen molar-refractivity contribution in [2.75, 3.05) is 7.05 Å². The molecule has 0 amide bonds. The zero-order valence-electron chi connectivity index (χ0n) is 16.8. The number of rotatable bonds is 3. The van der Waals surface area contributed by atoms with Crippen LogP contribution in [0.25, 0.3) is 10.8 Å². The van der Waals surface area contributed by atoms with Crippen molar-refractivity contribution in [1.29, 1.82) is 0 Å². The van der Waals surface area contributed by atoms with Gasteiger partial charge in [-0.25, -0.2) is 9.98 Å². The topological polar surface area (TPSA) is 28.0 Å². The van der Waals surface area contributed by atoms with Crippen LogP contribution in [0.4, 0.5) is 0 Å². The fourth-order valence-corrected chi connectivity index (χ4v) is 4.62. The van der Waals surface area contributed by atoms with Crippen LogP contribution in [0.1, 0.15) is 24.0 Å². The molecule has 1 aliphatic heterocycles. The molecule has 0 N–H and O–H groups in total. The summed E-state index contributed by atoms with van der Waals surface area (Å²) >= 11 is 3.77. The highest BCUT2D eigenvalue weighted by Crippen LogP contribution is 2.31. The Morgan fingerprint density at radius 3 is 2.53 bits per heavy atom. The van der Waals surface area contributed by atoms with Crippen molar-refractivity contribution in [3.63, 3.8) is 0 Å². The maximum absolute atomic E-state index is 5.15. The van der Waals surface area contributed by atoms with Gasteiger partial charge in [-0.1, -0.05) is 94.8 Å². The fraction of sp³-hybridized carbons (Fsp3) is 0.154. The minimum Gasteiger partial charge on any atom is -0.333 e. The monoisotopic (exact) mass is 455 g/mol. The van der Waals surface area contributed by atoms with E-state index in [4.69, 9.17) is 9.98 Å². The maximum Gasteiger partial charge on any atom is 0.161 e. The average Bonchev–Trinajstić information content (AvgIpc) is 2.80. The minimum absolute atomic E-state index is 0.102. The summed E-state index contributed by atoms with van der Waals surface area (Å²) in [5.74, 6) is 1.70. The lowest BCUT2D eigenvalue weighted by atomic mass is 10.0. The Balaban J connectivity index is 1.73. The van der Waals surface area contributed by atoms with Crippen LogP contribution in [0.15, 0.2) is 105 Å². The molecule has 0 fully saturated rings. The van der Waals surface area contributed by atoms with Gasteiger partial charge in [0.25, 0.3) is 0 Å². The van der Waals surface area contributed by atoms with Gasteiger partial charge in [-0.15, -0.1) is 0 Å².